The van der Waals surface area contributed by atoms with Gasteiger partial charge in [-0.05, 0) is 36.0 Å². The summed E-state index contributed by atoms with van der Waals surface area (Å²) in [7, 11) is 1.68. The van der Waals surface area contributed by atoms with E-state index in [0.717, 1.165) is 24.0 Å². The van der Waals surface area contributed by atoms with E-state index in [2.05, 4.69) is 26.0 Å². The van der Waals surface area contributed by atoms with Gasteiger partial charge in [0.05, 0.1) is 7.11 Å². The van der Waals surface area contributed by atoms with Gasteiger partial charge in [0.2, 0.25) is 0 Å². The predicted octanol–water partition coefficient (Wildman–Crippen LogP) is 3.26. The third-order valence-electron chi connectivity index (χ3n) is 3.06. The Kier molecular flexibility index (Phi) is 4.11. The van der Waals surface area contributed by atoms with E-state index in [4.69, 9.17) is 4.74 Å². The van der Waals surface area contributed by atoms with Crippen molar-refractivity contribution in [2.24, 2.45) is 0 Å². The summed E-state index contributed by atoms with van der Waals surface area (Å²) in [6.45, 7) is 6.37. The van der Waals surface area contributed by atoms with Gasteiger partial charge in [0, 0.05) is 6.42 Å². The number of ether oxygens (including phenoxy) is 1. The Morgan fingerprint density at radius 3 is 2.56 bits per heavy atom. The van der Waals surface area contributed by atoms with E-state index in [1.165, 1.54) is 5.56 Å². The van der Waals surface area contributed by atoms with Crippen LogP contribution in [-0.4, -0.2) is 13.4 Å². The molecule has 0 aliphatic carbocycles. The fourth-order valence-electron chi connectivity index (χ4n) is 1.86. The van der Waals surface area contributed by atoms with Crippen LogP contribution in [0.5, 0.6) is 5.75 Å². The first-order valence-electron chi connectivity index (χ1n) is 5.60. The number of methoxy groups -OCH3 is 1. The fourth-order valence-corrected chi connectivity index (χ4v) is 1.86. The van der Waals surface area contributed by atoms with Crippen LogP contribution in [0.4, 0.5) is 0 Å². The molecule has 0 amide bonds. The summed E-state index contributed by atoms with van der Waals surface area (Å²) in [5, 5.41) is 0. The molecule has 0 aliphatic rings. The van der Waals surface area contributed by atoms with Gasteiger partial charge >= 0.3 is 0 Å². The molecule has 2 nitrogen and oxygen atoms in total. The molecular weight excluding hydrogens is 200 g/mol. The van der Waals surface area contributed by atoms with Crippen LogP contribution in [-0.2, 0) is 10.2 Å². The first kappa shape index (κ1) is 12.8. The van der Waals surface area contributed by atoms with Gasteiger partial charge in [-0.15, -0.1) is 0 Å². The second-order valence-corrected chi connectivity index (χ2v) is 4.77. The number of hydrogen-bond donors (Lipinski definition) is 0. The average Bonchev–Trinajstić information content (AvgIpc) is 2.26. The van der Waals surface area contributed by atoms with Crippen molar-refractivity contribution in [1.29, 1.82) is 0 Å². The summed E-state index contributed by atoms with van der Waals surface area (Å²) < 4.78 is 5.24. The Hall–Kier alpha value is -1.31. The number of aryl methyl sites for hydroxylation is 1. The fraction of sp³-hybridized carbons (Fsp3) is 0.500. The van der Waals surface area contributed by atoms with E-state index in [9.17, 15) is 4.79 Å². The summed E-state index contributed by atoms with van der Waals surface area (Å²) >= 11 is 0. The molecule has 2 heteroatoms. The van der Waals surface area contributed by atoms with Crippen molar-refractivity contribution < 1.29 is 9.53 Å². The van der Waals surface area contributed by atoms with Crippen LogP contribution < -0.4 is 4.74 Å². The minimum Gasteiger partial charge on any atom is -0.496 e. The monoisotopic (exact) mass is 220 g/mol. The van der Waals surface area contributed by atoms with Crippen LogP contribution in [0, 0.1) is 6.92 Å². The van der Waals surface area contributed by atoms with E-state index in [-0.39, 0.29) is 5.41 Å². The van der Waals surface area contributed by atoms with E-state index in [1.807, 2.05) is 13.0 Å². The third kappa shape index (κ3) is 2.84. The van der Waals surface area contributed by atoms with E-state index < -0.39 is 0 Å². The standard InChI is InChI=1S/C14H20O2/c1-11-10-12(6-7-13(11)16-4)14(2,3)8-5-9-15/h6-7,9-10H,5,8H2,1-4H3. The Morgan fingerprint density at radius 2 is 2.06 bits per heavy atom. The molecule has 1 aromatic rings. The Bertz CT molecular complexity index is 367. The Labute approximate surface area is 97.6 Å². The van der Waals surface area contributed by atoms with Crippen molar-refractivity contribution in [1.82, 2.24) is 0 Å². The molecule has 0 aromatic heterocycles. The Balaban J connectivity index is 2.95. The van der Waals surface area contributed by atoms with E-state index in [0.29, 0.717) is 6.42 Å². The zero-order valence-corrected chi connectivity index (χ0v) is 10.5. The van der Waals surface area contributed by atoms with Gasteiger partial charge in [0.25, 0.3) is 0 Å². The van der Waals surface area contributed by atoms with Crippen LogP contribution in [0.3, 0.4) is 0 Å². The number of aldehydes is 1. The van der Waals surface area contributed by atoms with Crippen molar-refractivity contribution >= 4 is 6.29 Å². The predicted molar refractivity (Wildman–Crippen MR) is 66.1 cm³/mol. The zero-order valence-electron chi connectivity index (χ0n) is 10.5. The lowest BCUT2D eigenvalue weighted by Crippen LogP contribution is -2.17. The molecule has 0 aliphatic heterocycles. The molecule has 0 bridgehead atoms. The molecule has 0 spiro atoms. The molecule has 1 aromatic carbocycles. The number of carbonyl (C=O) groups is 1. The zero-order chi connectivity index (χ0) is 12.2. The van der Waals surface area contributed by atoms with E-state index >= 15 is 0 Å². The number of hydrogen-bond acceptors (Lipinski definition) is 2. The summed E-state index contributed by atoms with van der Waals surface area (Å²) in [5.41, 5.74) is 2.43. The molecule has 0 saturated heterocycles. The van der Waals surface area contributed by atoms with Crippen molar-refractivity contribution in [3.8, 4) is 5.75 Å². The van der Waals surface area contributed by atoms with Gasteiger partial charge in [-0.3, -0.25) is 0 Å². The SMILES string of the molecule is COc1ccc(C(C)(C)CCC=O)cc1C. The van der Waals surface area contributed by atoms with Crippen LogP contribution >= 0.6 is 0 Å². The van der Waals surface area contributed by atoms with Crippen molar-refractivity contribution in [3.63, 3.8) is 0 Å². The highest BCUT2D eigenvalue weighted by atomic mass is 16.5. The highest BCUT2D eigenvalue weighted by Gasteiger charge is 2.20. The Morgan fingerprint density at radius 1 is 1.38 bits per heavy atom. The summed E-state index contributed by atoms with van der Waals surface area (Å²) in [4.78, 5) is 10.4. The molecule has 88 valence electrons. The lowest BCUT2D eigenvalue weighted by Gasteiger charge is -2.25. The minimum atomic E-state index is 0.0396. The lowest BCUT2D eigenvalue weighted by atomic mass is 9.80. The molecule has 0 heterocycles. The highest BCUT2D eigenvalue weighted by Crippen LogP contribution is 2.31. The van der Waals surface area contributed by atoms with Gasteiger partial charge in [-0.25, -0.2) is 0 Å². The maximum atomic E-state index is 10.4. The van der Waals surface area contributed by atoms with Crippen LogP contribution in [0.2, 0.25) is 0 Å². The molecule has 0 unspecified atom stereocenters. The highest BCUT2D eigenvalue weighted by molar-refractivity contribution is 5.50. The molecule has 0 N–H and O–H groups in total. The first-order valence-corrected chi connectivity index (χ1v) is 5.60. The first-order chi connectivity index (χ1) is 7.51. The van der Waals surface area contributed by atoms with Gasteiger partial charge < -0.3 is 9.53 Å². The summed E-state index contributed by atoms with van der Waals surface area (Å²) in [6, 6.07) is 6.22. The number of rotatable bonds is 5. The minimum absolute atomic E-state index is 0.0396. The molecular formula is C14H20O2. The maximum absolute atomic E-state index is 10.4. The van der Waals surface area contributed by atoms with E-state index in [1.54, 1.807) is 7.11 Å². The normalized spacial score (nSPS) is 11.2. The molecule has 0 saturated carbocycles. The number of benzene rings is 1. The average molecular weight is 220 g/mol. The van der Waals surface area contributed by atoms with Crippen molar-refractivity contribution in [3.05, 3.63) is 29.3 Å². The second-order valence-electron chi connectivity index (χ2n) is 4.77. The van der Waals surface area contributed by atoms with Gasteiger partial charge in [0.15, 0.2) is 0 Å². The molecule has 16 heavy (non-hydrogen) atoms. The lowest BCUT2D eigenvalue weighted by molar-refractivity contribution is -0.108. The van der Waals surface area contributed by atoms with Crippen molar-refractivity contribution in [2.45, 2.75) is 39.0 Å². The van der Waals surface area contributed by atoms with Gasteiger partial charge in [-0.1, -0.05) is 26.0 Å². The smallest absolute Gasteiger partial charge is 0.121 e. The molecule has 0 atom stereocenters. The third-order valence-corrected chi connectivity index (χ3v) is 3.06. The quantitative estimate of drug-likeness (QED) is 0.712. The molecule has 0 fully saturated rings. The van der Waals surface area contributed by atoms with Crippen LogP contribution in [0.1, 0.15) is 37.8 Å². The van der Waals surface area contributed by atoms with Crippen LogP contribution in [0.15, 0.2) is 18.2 Å². The largest absolute Gasteiger partial charge is 0.496 e. The summed E-state index contributed by atoms with van der Waals surface area (Å²) in [5.74, 6) is 0.912. The van der Waals surface area contributed by atoms with Gasteiger partial charge in [0.1, 0.15) is 12.0 Å². The number of carbonyl (C=O) groups excluding carboxylic acids is 1. The molecule has 1 rings (SSSR count). The second kappa shape index (κ2) is 5.15. The maximum Gasteiger partial charge on any atom is 0.121 e. The van der Waals surface area contributed by atoms with Gasteiger partial charge in [-0.2, -0.15) is 0 Å². The van der Waals surface area contributed by atoms with Crippen molar-refractivity contribution in [2.75, 3.05) is 7.11 Å². The van der Waals surface area contributed by atoms with Crippen LogP contribution in [0.25, 0.3) is 0 Å². The molecule has 0 radical (unpaired) electrons. The topological polar surface area (TPSA) is 26.3 Å². The summed E-state index contributed by atoms with van der Waals surface area (Å²) in [6.07, 6.45) is 2.47.